The van der Waals surface area contributed by atoms with Crippen LogP contribution in [-0.2, 0) is 0 Å². The number of hydrazine groups is 1. The predicted molar refractivity (Wildman–Crippen MR) is 73.6 cm³/mol. The second kappa shape index (κ2) is 4.65. The molecule has 1 saturated carbocycles. The van der Waals surface area contributed by atoms with Gasteiger partial charge in [-0.25, -0.2) is 4.41 Å². The van der Waals surface area contributed by atoms with Crippen LogP contribution in [0.1, 0.15) is 12.8 Å². The van der Waals surface area contributed by atoms with E-state index in [1.54, 1.807) is 26.2 Å². The molecule has 1 heterocycles. The van der Waals surface area contributed by atoms with E-state index in [1.165, 1.54) is 18.5 Å². The number of anilines is 1. The van der Waals surface area contributed by atoms with Gasteiger partial charge in [-0.3, -0.25) is 5.43 Å². The smallest absolute Gasteiger partial charge is 0.148 e. The average Bonchev–Trinajstić information content (AvgIpc) is 3.16. The molecular weight excluding hydrogens is 248 g/mol. The topological polar surface area (TPSA) is 33.7 Å². The number of ether oxygens (including phenoxy) is 2. The molecule has 96 valence electrons. The highest BCUT2D eigenvalue weighted by molar-refractivity contribution is 8.03. The third kappa shape index (κ3) is 2.10. The number of hydrogen-bond donors (Lipinski definition) is 1. The Balaban J connectivity index is 1.80. The third-order valence-electron chi connectivity index (χ3n) is 3.14. The molecule has 3 rings (SSSR count). The van der Waals surface area contributed by atoms with Crippen molar-refractivity contribution in [3.63, 3.8) is 0 Å². The Kier molecular flexibility index (Phi) is 2.99. The summed E-state index contributed by atoms with van der Waals surface area (Å²) in [4.78, 5) is 0. The van der Waals surface area contributed by atoms with Gasteiger partial charge in [0.05, 0.1) is 14.2 Å². The zero-order valence-corrected chi connectivity index (χ0v) is 11.3. The van der Waals surface area contributed by atoms with Gasteiger partial charge in [-0.05, 0) is 25.0 Å². The Labute approximate surface area is 111 Å². The number of hydrogen-bond acceptors (Lipinski definition) is 5. The minimum absolute atomic E-state index is 0.728. The summed E-state index contributed by atoms with van der Waals surface area (Å²) in [5.74, 6) is 2.33. The molecule has 0 amide bonds. The van der Waals surface area contributed by atoms with Crippen LogP contribution in [0.2, 0.25) is 0 Å². The first kappa shape index (κ1) is 11.6. The summed E-state index contributed by atoms with van der Waals surface area (Å²) in [5.41, 5.74) is 5.74. The Morgan fingerprint density at radius 2 is 2.11 bits per heavy atom. The molecule has 18 heavy (non-hydrogen) atoms. The lowest BCUT2D eigenvalue weighted by Gasteiger charge is -2.21. The molecule has 4 nitrogen and oxygen atoms in total. The van der Waals surface area contributed by atoms with Crippen molar-refractivity contribution < 1.29 is 9.47 Å². The van der Waals surface area contributed by atoms with Crippen LogP contribution >= 0.6 is 11.9 Å². The highest BCUT2D eigenvalue weighted by Crippen LogP contribution is 2.43. The lowest BCUT2D eigenvalue weighted by Crippen LogP contribution is -2.27. The van der Waals surface area contributed by atoms with Gasteiger partial charge in [0.25, 0.3) is 0 Å². The Hall–Kier alpha value is -1.49. The van der Waals surface area contributed by atoms with Crippen LogP contribution < -0.4 is 19.3 Å². The lowest BCUT2D eigenvalue weighted by atomic mass is 10.3. The first-order valence-electron chi connectivity index (χ1n) is 5.97. The van der Waals surface area contributed by atoms with Crippen LogP contribution in [0.15, 0.2) is 29.3 Å². The van der Waals surface area contributed by atoms with Gasteiger partial charge in [-0.1, -0.05) is 0 Å². The van der Waals surface area contributed by atoms with Gasteiger partial charge >= 0.3 is 0 Å². The predicted octanol–water partition coefficient (Wildman–Crippen LogP) is 2.93. The summed E-state index contributed by atoms with van der Waals surface area (Å²) < 4.78 is 12.7. The first-order valence-corrected chi connectivity index (χ1v) is 6.81. The largest absolute Gasteiger partial charge is 0.497 e. The van der Waals surface area contributed by atoms with Gasteiger partial charge in [-0.15, -0.1) is 0 Å². The van der Waals surface area contributed by atoms with Crippen molar-refractivity contribution in [3.8, 4) is 11.5 Å². The third-order valence-corrected chi connectivity index (χ3v) is 4.00. The maximum absolute atomic E-state index is 5.41. The summed E-state index contributed by atoms with van der Waals surface area (Å²) in [6.07, 6.45) is 2.60. The van der Waals surface area contributed by atoms with Crippen molar-refractivity contribution in [1.29, 1.82) is 0 Å². The van der Waals surface area contributed by atoms with Crippen molar-refractivity contribution in [2.45, 2.75) is 12.8 Å². The minimum Gasteiger partial charge on any atom is -0.497 e. The highest BCUT2D eigenvalue weighted by atomic mass is 32.2. The lowest BCUT2D eigenvalue weighted by molar-refractivity contribution is 0.394. The van der Waals surface area contributed by atoms with E-state index in [2.05, 4.69) is 10.8 Å². The van der Waals surface area contributed by atoms with Crippen LogP contribution in [0, 0.1) is 5.92 Å². The Bertz CT molecular complexity index is 486. The molecule has 1 N–H and O–H groups in total. The van der Waals surface area contributed by atoms with Gasteiger partial charge in [0.2, 0.25) is 0 Å². The van der Waals surface area contributed by atoms with E-state index in [-0.39, 0.29) is 0 Å². The molecule has 0 atom stereocenters. The quantitative estimate of drug-likeness (QED) is 0.846. The van der Waals surface area contributed by atoms with Gasteiger partial charge < -0.3 is 9.47 Å². The average molecular weight is 264 g/mol. The second-order valence-corrected chi connectivity index (χ2v) is 5.21. The zero-order chi connectivity index (χ0) is 12.5. The van der Waals surface area contributed by atoms with Crippen LogP contribution in [-0.4, -0.2) is 14.2 Å². The summed E-state index contributed by atoms with van der Waals surface area (Å²) in [5, 5.41) is 2.18. The minimum atomic E-state index is 0.728. The molecule has 0 unspecified atom stereocenters. The number of nitrogens with zero attached hydrogens (tertiary/aromatic N) is 1. The summed E-state index contributed by atoms with van der Waals surface area (Å²) in [7, 11) is 3.33. The molecule has 2 aliphatic rings. The van der Waals surface area contributed by atoms with E-state index in [0.29, 0.717) is 0 Å². The number of benzene rings is 1. The van der Waals surface area contributed by atoms with E-state index in [1.807, 2.05) is 22.6 Å². The van der Waals surface area contributed by atoms with E-state index in [0.717, 1.165) is 23.1 Å². The van der Waals surface area contributed by atoms with E-state index >= 15 is 0 Å². The SMILES string of the molecule is COc1ccc(N2NC(C3CC3)=CS2)c(OC)c1. The van der Waals surface area contributed by atoms with Crippen LogP contribution in [0.5, 0.6) is 11.5 Å². The highest BCUT2D eigenvalue weighted by Gasteiger charge is 2.31. The summed E-state index contributed by atoms with van der Waals surface area (Å²) in [6, 6.07) is 5.84. The summed E-state index contributed by atoms with van der Waals surface area (Å²) >= 11 is 1.65. The van der Waals surface area contributed by atoms with Gasteiger partial charge in [-0.2, -0.15) is 0 Å². The first-order chi connectivity index (χ1) is 8.81. The number of methoxy groups -OCH3 is 2. The van der Waals surface area contributed by atoms with Crippen LogP contribution in [0.25, 0.3) is 0 Å². The molecule has 1 aliphatic heterocycles. The van der Waals surface area contributed by atoms with Crippen molar-refractivity contribution in [2.24, 2.45) is 5.92 Å². The van der Waals surface area contributed by atoms with Gasteiger partial charge in [0.1, 0.15) is 17.2 Å². The molecule has 5 heteroatoms. The standard InChI is InChI=1S/C13H16N2O2S/c1-16-10-5-6-12(13(7-10)17-2)15-14-11(8-18-15)9-3-4-9/h5-9,14H,3-4H2,1-2H3. The zero-order valence-electron chi connectivity index (χ0n) is 10.5. The van der Waals surface area contributed by atoms with E-state index in [4.69, 9.17) is 9.47 Å². The number of allylic oxidation sites excluding steroid dienone is 1. The van der Waals surface area contributed by atoms with Crippen molar-refractivity contribution in [3.05, 3.63) is 29.3 Å². The van der Waals surface area contributed by atoms with Gasteiger partial charge in [0, 0.05) is 35.0 Å². The Morgan fingerprint density at radius 3 is 2.78 bits per heavy atom. The molecule has 1 aliphatic carbocycles. The molecule has 0 spiro atoms. The fraction of sp³-hybridized carbons (Fsp3) is 0.385. The number of nitrogens with one attached hydrogen (secondary N) is 1. The number of rotatable bonds is 4. The van der Waals surface area contributed by atoms with Crippen molar-refractivity contribution >= 4 is 17.6 Å². The monoisotopic (exact) mass is 264 g/mol. The molecule has 1 aromatic rings. The maximum atomic E-state index is 5.41. The molecule has 0 bridgehead atoms. The van der Waals surface area contributed by atoms with Crippen LogP contribution in [0.3, 0.4) is 0 Å². The fourth-order valence-corrected chi connectivity index (χ4v) is 2.82. The van der Waals surface area contributed by atoms with Gasteiger partial charge in [0.15, 0.2) is 0 Å². The molecule has 1 fully saturated rings. The molecule has 0 radical (unpaired) electrons. The van der Waals surface area contributed by atoms with Crippen molar-refractivity contribution in [2.75, 3.05) is 18.6 Å². The molecule has 0 saturated heterocycles. The fourth-order valence-electron chi connectivity index (χ4n) is 1.93. The second-order valence-electron chi connectivity index (χ2n) is 4.40. The summed E-state index contributed by atoms with van der Waals surface area (Å²) in [6.45, 7) is 0. The molecular formula is C13H16N2O2S. The van der Waals surface area contributed by atoms with Crippen molar-refractivity contribution in [1.82, 2.24) is 5.43 Å². The molecule has 1 aromatic carbocycles. The Morgan fingerprint density at radius 1 is 1.28 bits per heavy atom. The van der Waals surface area contributed by atoms with E-state index in [9.17, 15) is 0 Å². The van der Waals surface area contributed by atoms with Crippen LogP contribution in [0.4, 0.5) is 5.69 Å². The maximum Gasteiger partial charge on any atom is 0.148 e. The normalized spacial score (nSPS) is 18.3. The van der Waals surface area contributed by atoms with E-state index < -0.39 is 0 Å². The molecule has 0 aromatic heterocycles.